The fourth-order valence-electron chi connectivity index (χ4n) is 3.04. The maximum atomic E-state index is 12.1. The largest absolute Gasteiger partial charge is 0.372 e. The molecule has 6 heteroatoms. The Hall–Kier alpha value is -3.02. The molecule has 0 atom stereocenters. The third-order valence-corrected chi connectivity index (χ3v) is 4.31. The van der Waals surface area contributed by atoms with Crippen molar-refractivity contribution in [2.75, 3.05) is 33.9 Å². The molecule has 2 aromatic carbocycles. The number of carbonyl (C=O) groups excluding carboxylic acids is 2. The molecule has 0 saturated carbocycles. The Morgan fingerprint density at radius 1 is 0.731 bits per heavy atom. The van der Waals surface area contributed by atoms with Gasteiger partial charge in [-0.2, -0.15) is 0 Å². The molecule has 3 amide bonds. The molecule has 1 heterocycles. The fraction of sp³-hybridized carbons (Fsp3) is 0.300. The number of benzene rings is 2. The highest BCUT2D eigenvalue weighted by atomic mass is 16.2. The van der Waals surface area contributed by atoms with Gasteiger partial charge in [0.2, 0.25) is 5.91 Å². The average molecular weight is 352 g/mol. The van der Waals surface area contributed by atoms with Crippen LogP contribution < -0.4 is 20.9 Å². The summed E-state index contributed by atoms with van der Waals surface area (Å²) >= 11 is 0. The van der Waals surface area contributed by atoms with Gasteiger partial charge in [-0.25, -0.2) is 4.79 Å². The smallest absolute Gasteiger partial charge is 0.323 e. The summed E-state index contributed by atoms with van der Waals surface area (Å²) in [5.41, 5.74) is 3.29. The molecule has 6 nitrogen and oxygen atoms in total. The number of urea groups is 1. The molecule has 0 unspecified atom stereocenters. The molecule has 0 radical (unpaired) electrons. The minimum atomic E-state index is -0.303. The molecule has 3 rings (SSSR count). The second-order valence-corrected chi connectivity index (χ2v) is 6.43. The Labute approximate surface area is 153 Å². The van der Waals surface area contributed by atoms with Gasteiger partial charge in [0.25, 0.3) is 0 Å². The Kier molecular flexibility index (Phi) is 5.73. The first-order chi connectivity index (χ1) is 12.6. The SMILES string of the molecule is CC(=O)Nc1ccc(NC(=O)Nc2ccc(N3CCCCC3)cc2)cc1. The van der Waals surface area contributed by atoms with Gasteiger partial charge >= 0.3 is 6.03 Å². The van der Waals surface area contributed by atoms with E-state index < -0.39 is 0 Å². The molecule has 3 N–H and O–H groups in total. The van der Waals surface area contributed by atoms with Crippen LogP contribution in [0.2, 0.25) is 0 Å². The lowest BCUT2D eigenvalue weighted by Crippen LogP contribution is -2.29. The second kappa shape index (κ2) is 8.38. The van der Waals surface area contributed by atoms with Gasteiger partial charge in [0.1, 0.15) is 0 Å². The van der Waals surface area contributed by atoms with E-state index >= 15 is 0 Å². The quantitative estimate of drug-likeness (QED) is 0.769. The Bertz CT molecular complexity index is 750. The summed E-state index contributed by atoms with van der Waals surface area (Å²) in [5.74, 6) is -0.128. The highest BCUT2D eigenvalue weighted by Gasteiger charge is 2.11. The topological polar surface area (TPSA) is 73.5 Å². The molecule has 1 aliphatic heterocycles. The maximum Gasteiger partial charge on any atom is 0.323 e. The molecule has 1 fully saturated rings. The van der Waals surface area contributed by atoms with Gasteiger partial charge in [-0.15, -0.1) is 0 Å². The lowest BCUT2D eigenvalue weighted by Gasteiger charge is -2.28. The molecule has 0 aromatic heterocycles. The van der Waals surface area contributed by atoms with E-state index in [0.29, 0.717) is 11.4 Å². The number of rotatable bonds is 4. The number of amides is 3. The van der Waals surface area contributed by atoms with E-state index in [0.717, 1.165) is 18.8 Å². The van der Waals surface area contributed by atoms with Crippen LogP contribution in [0.3, 0.4) is 0 Å². The molecule has 0 aliphatic carbocycles. The van der Waals surface area contributed by atoms with E-state index in [-0.39, 0.29) is 11.9 Å². The monoisotopic (exact) mass is 352 g/mol. The van der Waals surface area contributed by atoms with Gasteiger partial charge in [-0.1, -0.05) is 0 Å². The zero-order valence-corrected chi connectivity index (χ0v) is 14.9. The molecule has 136 valence electrons. The Morgan fingerprint density at radius 2 is 1.19 bits per heavy atom. The van der Waals surface area contributed by atoms with Crippen LogP contribution in [-0.2, 0) is 4.79 Å². The van der Waals surface area contributed by atoms with E-state index in [1.807, 2.05) is 24.3 Å². The second-order valence-electron chi connectivity index (χ2n) is 6.43. The standard InChI is InChI=1S/C20H24N4O2/c1-15(25)21-16-5-7-17(8-6-16)22-20(26)23-18-9-11-19(12-10-18)24-13-3-2-4-14-24/h5-12H,2-4,13-14H2,1H3,(H,21,25)(H2,22,23,26). The summed E-state index contributed by atoms with van der Waals surface area (Å²) in [6, 6.07) is 14.6. The first-order valence-electron chi connectivity index (χ1n) is 8.91. The van der Waals surface area contributed by atoms with Crippen molar-refractivity contribution in [2.24, 2.45) is 0 Å². The predicted molar refractivity (Wildman–Crippen MR) is 106 cm³/mol. The number of piperidine rings is 1. The van der Waals surface area contributed by atoms with Crippen LogP contribution in [0.1, 0.15) is 26.2 Å². The van der Waals surface area contributed by atoms with Gasteiger partial charge < -0.3 is 20.9 Å². The van der Waals surface area contributed by atoms with Gasteiger partial charge in [-0.3, -0.25) is 4.79 Å². The van der Waals surface area contributed by atoms with E-state index in [4.69, 9.17) is 0 Å². The molecule has 26 heavy (non-hydrogen) atoms. The van der Waals surface area contributed by atoms with Crippen LogP contribution in [0.5, 0.6) is 0 Å². The molecule has 0 bridgehead atoms. The van der Waals surface area contributed by atoms with Crippen molar-refractivity contribution in [1.82, 2.24) is 0 Å². The highest BCUT2D eigenvalue weighted by Crippen LogP contribution is 2.22. The van der Waals surface area contributed by atoms with Crippen molar-refractivity contribution < 1.29 is 9.59 Å². The summed E-state index contributed by atoms with van der Waals surface area (Å²) in [4.78, 5) is 25.5. The number of anilines is 4. The summed E-state index contributed by atoms with van der Waals surface area (Å²) in [5, 5.41) is 8.29. The Morgan fingerprint density at radius 3 is 1.69 bits per heavy atom. The normalized spacial score (nSPS) is 13.8. The van der Waals surface area contributed by atoms with Crippen LogP contribution >= 0.6 is 0 Å². The van der Waals surface area contributed by atoms with Gasteiger partial charge in [0.15, 0.2) is 0 Å². The predicted octanol–water partition coefficient (Wildman–Crippen LogP) is 4.28. The molecule has 1 saturated heterocycles. The molecular formula is C20H24N4O2. The van der Waals surface area contributed by atoms with Gasteiger partial charge in [0, 0.05) is 42.8 Å². The summed E-state index contributed by atoms with van der Waals surface area (Å²) in [6.07, 6.45) is 3.79. The average Bonchev–Trinajstić information content (AvgIpc) is 2.64. The van der Waals surface area contributed by atoms with E-state index in [1.165, 1.54) is 31.9 Å². The fourth-order valence-corrected chi connectivity index (χ4v) is 3.04. The Balaban J connectivity index is 1.53. The summed E-state index contributed by atoms with van der Waals surface area (Å²) < 4.78 is 0. The van der Waals surface area contributed by atoms with Crippen LogP contribution in [0.4, 0.5) is 27.5 Å². The zero-order valence-electron chi connectivity index (χ0n) is 14.9. The lowest BCUT2D eigenvalue weighted by atomic mass is 10.1. The van der Waals surface area contributed by atoms with Crippen LogP contribution in [0.15, 0.2) is 48.5 Å². The van der Waals surface area contributed by atoms with Crippen molar-refractivity contribution in [1.29, 1.82) is 0 Å². The molecule has 2 aromatic rings. The number of hydrogen-bond acceptors (Lipinski definition) is 3. The molecule has 0 spiro atoms. The number of nitrogens with one attached hydrogen (secondary N) is 3. The number of nitrogens with zero attached hydrogens (tertiary/aromatic N) is 1. The van der Waals surface area contributed by atoms with E-state index in [1.54, 1.807) is 24.3 Å². The molecule has 1 aliphatic rings. The summed E-state index contributed by atoms with van der Waals surface area (Å²) in [6.45, 7) is 3.65. The van der Waals surface area contributed by atoms with Crippen LogP contribution in [0.25, 0.3) is 0 Å². The minimum absolute atomic E-state index is 0.128. The molecular weight excluding hydrogens is 328 g/mol. The van der Waals surface area contributed by atoms with Crippen LogP contribution in [-0.4, -0.2) is 25.0 Å². The van der Waals surface area contributed by atoms with Crippen molar-refractivity contribution in [3.8, 4) is 0 Å². The van der Waals surface area contributed by atoms with Crippen molar-refractivity contribution in [2.45, 2.75) is 26.2 Å². The third kappa shape index (κ3) is 4.99. The van der Waals surface area contributed by atoms with Gasteiger partial charge in [-0.05, 0) is 67.8 Å². The zero-order chi connectivity index (χ0) is 18.4. The lowest BCUT2D eigenvalue weighted by molar-refractivity contribution is -0.114. The van der Waals surface area contributed by atoms with Crippen molar-refractivity contribution >= 4 is 34.7 Å². The first-order valence-corrected chi connectivity index (χ1v) is 8.91. The van der Waals surface area contributed by atoms with Crippen molar-refractivity contribution in [3.05, 3.63) is 48.5 Å². The summed E-state index contributed by atoms with van der Waals surface area (Å²) in [7, 11) is 0. The van der Waals surface area contributed by atoms with Crippen molar-refractivity contribution in [3.63, 3.8) is 0 Å². The number of hydrogen-bond donors (Lipinski definition) is 3. The number of carbonyl (C=O) groups is 2. The van der Waals surface area contributed by atoms with Crippen LogP contribution in [0, 0.1) is 0 Å². The van der Waals surface area contributed by atoms with Gasteiger partial charge in [0.05, 0.1) is 0 Å². The van der Waals surface area contributed by atoms with E-state index in [9.17, 15) is 9.59 Å². The van der Waals surface area contributed by atoms with E-state index in [2.05, 4.69) is 20.9 Å². The first kappa shape index (κ1) is 17.8. The maximum absolute atomic E-state index is 12.1. The third-order valence-electron chi connectivity index (χ3n) is 4.31. The highest BCUT2D eigenvalue weighted by molar-refractivity contribution is 6.00. The minimum Gasteiger partial charge on any atom is -0.372 e.